The number of nitrogens with zero attached hydrogens (tertiary/aromatic N) is 1. The van der Waals surface area contributed by atoms with Crippen LogP contribution in [0.15, 0.2) is 66.7 Å². The second-order valence-electron chi connectivity index (χ2n) is 8.74. The zero-order valence-electron chi connectivity index (χ0n) is 16.3. The standard InChI is InChI=1S/C25H21NO4/c27-21(14-5-2-1-3-6-14)13-30-16-8-4-7-15(11-16)26-24(28)22-17-9-10-18(20-12-19(17)20)23(22)25(26)29/h1-11,17-20,22-23H,12-13H2/t17-,18+,19-,20+,22+,23-. The third kappa shape index (κ3) is 2.51. The molecule has 0 spiro atoms. The molecule has 0 aromatic heterocycles. The number of Topliss-reactive ketones (excluding diaryl/α,β-unsaturated/α-hetero) is 1. The van der Waals surface area contributed by atoms with Crippen LogP contribution in [-0.2, 0) is 9.59 Å². The quantitative estimate of drug-likeness (QED) is 0.439. The van der Waals surface area contributed by atoms with Crippen molar-refractivity contribution in [2.24, 2.45) is 35.5 Å². The van der Waals surface area contributed by atoms with E-state index in [1.807, 2.05) is 18.2 Å². The third-order valence-corrected chi connectivity index (χ3v) is 7.20. The molecule has 5 aliphatic rings. The first-order valence-electron chi connectivity index (χ1n) is 10.5. The largest absolute Gasteiger partial charge is 0.485 e. The Balaban J connectivity index is 1.22. The van der Waals surface area contributed by atoms with Gasteiger partial charge in [0.2, 0.25) is 11.8 Å². The predicted molar refractivity (Wildman–Crippen MR) is 110 cm³/mol. The van der Waals surface area contributed by atoms with Gasteiger partial charge in [0.05, 0.1) is 17.5 Å². The van der Waals surface area contributed by atoms with Gasteiger partial charge in [-0.15, -0.1) is 0 Å². The van der Waals surface area contributed by atoms with Crippen LogP contribution < -0.4 is 9.64 Å². The molecule has 1 aliphatic heterocycles. The van der Waals surface area contributed by atoms with Gasteiger partial charge < -0.3 is 4.74 Å². The van der Waals surface area contributed by atoms with Gasteiger partial charge in [0, 0.05) is 11.6 Å². The van der Waals surface area contributed by atoms with Crippen LogP contribution in [0.5, 0.6) is 5.75 Å². The molecule has 1 heterocycles. The molecule has 2 aromatic rings. The van der Waals surface area contributed by atoms with Crippen LogP contribution in [-0.4, -0.2) is 24.2 Å². The molecule has 3 fully saturated rings. The van der Waals surface area contributed by atoms with Crippen LogP contribution in [0.4, 0.5) is 5.69 Å². The summed E-state index contributed by atoms with van der Waals surface area (Å²) in [5, 5.41) is 0. The Morgan fingerprint density at radius 3 is 2.23 bits per heavy atom. The van der Waals surface area contributed by atoms with Gasteiger partial charge in [0.1, 0.15) is 5.75 Å². The lowest BCUT2D eigenvalue weighted by atomic mass is 9.63. The topological polar surface area (TPSA) is 63.7 Å². The summed E-state index contributed by atoms with van der Waals surface area (Å²) >= 11 is 0. The van der Waals surface area contributed by atoms with Crippen molar-refractivity contribution in [3.05, 3.63) is 72.3 Å². The number of carbonyl (C=O) groups excluding carboxylic acids is 3. The summed E-state index contributed by atoms with van der Waals surface area (Å²) in [6.07, 6.45) is 5.49. The summed E-state index contributed by atoms with van der Waals surface area (Å²) in [5.41, 5.74) is 1.11. The average Bonchev–Trinajstić information content (AvgIpc) is 3.56. The first-order valence-corrected chi connectivity index (χ1v) is 10.5. The maximum atomic E-state index is 13.2. The van der Waals surface area contributed by atoms with Gasteiger partial charge in [0.15, 0.2) is 12.4 Å². The average molecular weight is 399 g/mol. The van der Waals surface area contributed by atoms with Gasteiger partial charge in [-0.1, -0.05) is 48.6 Å². The molecule has 1 saturated heterocycles. The van der Waals surface area contributed by atoms with Crippen molar-refractivity contribution in [2.75, 3.05) is 11.5 Å². The van der Waals surface area contributed by atoms with E-state index >= 15 is 0 Å². The maximum absolute atomic E-state index is 13.2. The zero-order chi connectivity index (χ0) is 20.4. The molecular formula is C25H21NO4. The fourth-order valence-corrected chi connectivity index (χ4v) is 5.78. The molecule has 7 rings (SSSR count). The number of ketones is 1. The van der Waals surface area contributed by atoms with E-state index in [1.165, 1.54) is 4.90 Å². The molecule has 150 valence electrons. The fraction of sp³-hybridized carbons (Fsp3) is 0.320. The smallest absolute Gasteiger partial charge is 0.238 e. The highest BCUT2D eigenvalue weighted by molar-refractivity contribution is 6.22. The van der Waals surface area contributed by atoms with Gasteiger partial charge >= 0.3 is 0 Å². The molecule has 2 aromatic carbocycles. The van der Waals surface area contributed by atoms with Crippen molar-refractivity contribution in [2.45, 2.75) is 6.42 Å². The van der Waals surface area contributed by atoms with Crippen molar-refractivity contribution < 1.29 is 19.1 Å². The van der Waals surface area contributed by atoms with Crippen LogP contribution in [0.2, 0.25) is 0 Å². The third-order valence-electron chi connectivity index (χ3n) is 7.20. The highest BCUT2D eigenvalue weighted by atomic mass is 16.5. The van der Waals surface area contributed by atoms with E-state index < -0.39 is 0 Å². The van der Waals surface area contributed by atoms with Gasteiger partial charge in [-0.3, -0.25) is 14.4 Å². The summed E-state index contributed by atoms with van der Waals surface area (Å²) in [7, 11) is 0. The molecular weight excluding hydrogens is 378 g/mol. The Bertz CT molecular complexity index is 1060. The molecule has 0 N–H and O–H groups in total. The first kappa shape index (κ1) is 17.6. The number of allylic oxidation sites excluding steroid dienone is 2. The SMILES string of the molecule is O=C(COc1cccc(N2C(=O)[C@@H]3[C@H]4C=C[C@H]([C@H]5C[C@@H]45)[C@@H]3C2=O)c1)c1ccccc1. The van der Waals surface area contributed by atoms with Gasteiger partial charge in [-0.2, -0.15) is 0 Å². The molecule has 4 aliphatic carbocycles. The monoisotopic (exact) mass is 399 g/mol. The Hall–Kier alpha value is -3.21. The Kier molecular flexibility index (Phi) is 3.76. The highest BCUT2D eigenvalue weighted by Gasteiger charge is 2.67. The fourth-order valence-electron chi connectivity index (χ4n) is 5.78. The first-order chi connectivity index (χ1) is 14.6. The molecule has 0 unspecified atom stereocenters. The molecule has 6 atom stereocenters. The Labute approximate surface area is 174 Å². The van der Waals surface area contributed by atoms with E-state index in [0.717, 1.165) is 6.42 Å². The highest BCUT2D eigenvalue weighted by Crippen LogP contribution is 2.65. The zero-order valence-corrected chi connectivity index (χ0v) is 16.3. The van der Waals surface area contributed by atoms with E-state index in [0.29, 0.717) is 28.8 Å². The number of hydrogen-bond donors (Lipinski definition) is 0. The van der Waals surface area contributed by atoms with Crippen molar-refractivity contribution in [1.29, 1.82) is 0 Å². The molecule has 2 bridgehead atoms. The summed E-state index contributed by atoms with van der Waals surface area (Å²) in [4.78, 5) is 40.1. The Morgan fingerprint density at radius 1 is 0.900 bits per heavy atom. The van der Waals surface area contributed by atoms with Gasteiger partial charge in [-0.25, -0.2) is 4.90 Å². The number of anilines is 1. The molecule has 0 radical (unpaired) electrons. The predicted octanol–water partition coefficient (Wildman–Crippen LogP) is 3.51. The number of rotatable bonds is 5. The van der Waals surface area contributed by atoms with Crippen molar-refractivity contribution >= 4 is 23.3 Å². The molecule has 30 heavy (non-hydrogen) atoms. The minimum atomic E-state index is -0.222. The molecule has 2 saturated carbocycles. The number of hydrogen-bond acceptors (Lipinski definition) is 4. The maximum Gasteiger partial charge on any atom is 0.238 e. The lowest BCUT2D eigenvalue weighted by Crippen LogP contribution is -2.40. The van der Waals surface area contributed by atoms with E-state index in [1.54, 1.807) is 36.4 Å². The van der Waals surface area contributed by atoms with Crippen LogP contribution in [0.25, 0.3) is 0 Å². The molecule has 5 nitrogen and oxygen atoms in total. The van der Waals surface area contributed by atoms with E-state index in [9.17, 15) is 14.4 Å². The van der Waals surface area contributed by atoms with Crippen molar-refractivity contribution in [3.8, 4) is 5.75 Å². The van der Waals surface area contributed by atoms with Crippen LogP contribution in [0, 0.1) is 35.5 Å². The van der Waals surface area contributed by atoms with E-state index in [2.05, 4.69) is 12.2 Å². The lowest BCUT2D eigenvalue weighted by Gasteiger charge is -2.37. The van der Waals surface area contributed by atoms with Gasteiger partial charge in [0.25, 0.3) is 0 Å². The molecule has 2 amide bonds. The minimum absolute atomic E-state index is 0.0905. The number of carbonyl (C=O) groups is 3. The number of imide groups is 1. The van der Waals surface area contributed by atoms with Crippen molar-refractivity contribution in [1.82, 2.24) is 0 Å². The number of ether oxygens (including phenoxy) is 1. The van der Waals surface area contributed by atoms with Crippen molar-refractivity contribution in [3.63, 3.8) is 0 Å². The normalized spacial score (nSPS) is 32.7. The number of amides is 2. The van der Waals surface area contributed by atoms with E-state index in [-0.39, 0.29) is 47.9 Å². The summed E-state index contributed by atoms with van der Waals surface area (Å²) < 4.78 is 5.68. The number of benzene rings is 2. The van der Waals surface area contributed by atoms with Gasteiger partial charge in [-0.05, 0) is 42.2 Å². The summed E-state index contributed by atoms with van der Waals surface area (Å²) in [5.74, 6) is 1.29. The second-order valence-corrected chi connectivity index (χ2v) is 8.74. The van der Waals surface area contributed by atoms with Crippen LogP contribution in [0.3, 0.4) is 0 Å². The second kappa shape index (κ2) is 6.39. The lowest BCUT2D eigenvalue weighted by molar-refractivity contribution is -0.124. The van der Waals surface area contributed by atoms with Crippen LogP contribution in [0.1, 0.15) is 16.8 Å². The minimum Gasteiger partial charge on any atom is -0.485 e. The summed E-state index contributed by atoms with van der Waals surface area (Å²) in [6, 6.07) is 15.9. The summed E-state index contributed by atoms with van der Waals surface area (Å²) in [6.45, 7) is -0.0992. The van der Waals surface area contributed by atoms with E-state index in [4.69, 9.17) is 4.74 Å². The Morgan fingerprint density at radius 2 is 1.57 bits per heavy atom. The molecule has 5 heteroatoms. The van der Waals surface area contributed by atoms with Crippen LogP contribution >= 0.6 is 0 Å².